The summed E-state index contributed by atoms with van der Waals surface area (Å²) in [7, 11) is 0. The maximum Gasteiger partial charge on any atom is 0.180 e. The highest BCUT2D eigenvalue weighted by atomic mass is 35.5. The normalized spacial score (nSPS) is 14.5. The van der Waals surface area contributed by atoms with Crippen molar-refractivity contribution in [3.8, 4) is 11.5 Å². The number of fused-ring (bicyclic) bond motifs is 1. The predicted molar refractivity (Wildman–Crippen MR) is 60.5 cm³/mol. The van der Waals surface area contributed by atoms with Gasteiger partial charge in [-0.3, -0.25) is 0 Å². The van der Waals surface area contributed by atoms with Crippen LogP contribution in [0, 0.1) is 0 Å². The summed E-state index contributed by atoms with van der Waals surface area (Å²) in [6.07, 6.45) is 3.72. The van der Waals surface area contributed by atoms with Crippen LogP contribution in [-0.4, -0.2) is 19.8 Å². The van der Waals surface area contributed by atoms with Crippen molar-refractivity contribution in [1.29, 1.82) is 0 Å². The molecule has 0 bridgehead atoms. The van der Waals surface area contributed by atoms with Gasteiger partial charge >= 0.3 is 0 Å². The fourth-order valence-corrected chi connectivity index (χ4v) is 1.69. The highest BCUT2D eigenvalue weighted by Gasteiger charge is 2.16. The summed E-state index contributed by atoms with van der Waals surface area (Å²) in [5.74, 6) is 1.33. The lowest BCUT2D eigenvalue weighted by atomic mass is 10.1. The molecule has 1 aliphatic rings. The van der Waals surface area contributed by atoms with E-state index < -0.39 is 0 Å². The van der Waals surface area contributed by atoms with Gasteiger partial charge in [-0.2, -0.15) is 0 Å². The van der Waals surface area contributed by atoms with Crippen LogP contribution in [0.15, 0.2) is 18.2 Å². The number of hydrogen-bond donors (Lipinski definition) is 1. The number of nitrogens with two attached hydrogens (primary N) is 1. The van der Waals surface area contributed by atoms with Crippen LogP contribution in [0.3, 0.4) is 0 Å². The van der Waals surface area contributed by atoms with Crippen molar-refractivity contribution in [2.24, 2.45) is 5.73 Å². The highest BCUT2D eigenvalue weighted by molar-refractivity contribution is 6.33. The third-order valence-corrected chi connectivity index (χ3v) is 2.50. The van der Waals surface area contributed by atoms with Crippen LogP contribution in [0.1, 0.15) is 5.56 Å². The van der Waals surface area contributed by atoms with E-state index in [1.165, 1.54) is 0 Å². The second-order valence-corrected chi connectivity index (χ2v) is 3.51. The summed E-state index contributed by atoms with van der Waals surface area (Å²) in [4.78, 5) is 0. The van der Waals surface area contributed by atoms with E-state index in [4.69, 9.17) is 26.8 Å². The van der Waals surface area contributed by atoms with Crippen LogP contribution >= 0.6 is 11.6 Å². The molecule has 0 aromatic heterocycles. The molecule has 0 amide bonds. The molecule has 0 saturated carbocycles. The molecule has 80 valence electrons. The minimum absolute atomic E-state index is 0.491. The average molecular weight is 226 g/mol. The fourth-order valence-electron chi connectivity index (χ4n) is 1.42. The van der Waals surface area contributed by atoms with Crippen LogP contribution in [0.5, 0.6) is 11.5 Å². The molecule has 0 atom stereocenters. The Labute approximate surface area is 93.4 Å². The van der Waals surface area contributed by atoms with E-state index in [9.17, 15) is 0 Å². The molecule has 0 saturated heterocycles. The summed E-state index contributed by atoms with van der Waals surface area (Å²) in [6, 6.07) is 3.75. The number of ether oxygens (including phenoxy) is 2. The van der Waals surface area contributed by atoms with E-state index in [-0.39, 0.29) is 0 Å². The molecule has 0 unspecified atom stereocenters. The van der Waals surface area contributed by atoms with Crippen molar-refractivity contribution in [3.05, 3.63) is 28.8 Å². The monoisotopic (exact) mass is 225 g/mol. The largest absolute Gasteiger partial charge is 0.486 e. The van der Waals surface area contributed by atoms with Gasteiger partial charge in [0.25, 0.3) is 0 Å². The van der Waals surface area contributed by atoms with Gasteiger partial charge in [-0.15, -0.1) is 0 Å². The van der Waals surface area contributed by atoms with Gasteiger partial charge in [0.2, 0.25) is 0 Å². The molecule has 2 N–H and O–H groups in total. The van der Waals surface area contributed by atoms with E-state index in [0.717, 1.165) is 5.56 Å². The lowest BCUT2D eigenvalue weighted by Crippen LogP contribution is -2.15. The number of hydrogen-bond acceptors (Lipinski definition) is 3. The van der Waals surface area contributed by atoms with Crippen molar-refractivity contribution in [3.63, 3.8) is 0 Å². The first kappa shape index (κ1) is 10.3. The molecule has 0 aliphatic carbocycles. The van der Waals surface area contributed by atoms with Crippen LogP contribution < -0.4 is 15.2 Å². The van der Waals surface area contributed by atoms with Crippen LogP contribution in [-0.2, 0) is 0 Å². The van der Waals surface area contributed by atoms with Crippen molar-refractivity contribution in [1.82, 2.24) is 0 Å². The Morgan fingerprint density at radius 3 is 2.93 bits per heavy atom. The van der Waals surface area contributed by atoms with E-state index >= 15 is 0 Å². The first-order valence-electron chi connectivity index (χ1n) is 4.77. The van der Waals surface area contributed by atoms with Gasteiger partial charge in [-0.1, -0.05) is 23.8 Å². The molecule has 0 spiro atoms. The molecular formula is C11H12ClNO2. The Kier molecular flexibility index (Phi) is 3.14. The van der Waals surface area contributed by atoms with Crippen LogP contribution in [0.2, 0.25) is 5.02 Å². The summed E-state index contributed by atoms with van der Waals surface area (Å²) in [5, 5.41) is 0.580. The third kappa shape index (κ3) is 2.08. The topological polar surface area (TPSA) is 44.5 Å². The summed E-state index contributed by atoms with van der Waals surface area (Å²) < 4.78 is 10.9. The first-order chi connectivity index (χ1) is 7.33. The molecule has 0 fully saturated rings. The van der Waals surface area contributed by atoms with Gasteiger partial charge in [-0.25, -0.2) is 0 Å². The molecule has 1 aromatic rings. The zero-order valence-corrected chi connectivity index (χ0v) is 8.96. The Hall–Kier alpha value is -1.19. The highest BCUT2D eigenvalue weighted by Crippen LogP contribution is 2.39. The molecule has 0 radical (unpaired) electrons. The molecule has 1 heterocycles. The lowest BCUT2D eigenvalue weighted by Gasteiger charge is -2.20. The smallest absolute Gasteiger partial charge is 0.180 e. The second kappa shape index (κ2) is 4.55. The minimum Gasteiger partial charge on any atom is -0.486 e. The van der Waals surface area contributed by atoms with Crippen LogP contribution in [0.25, 0.3) is 6.08 Å². The van der Waals surface area contributed by atoms with Crippen molar-refractivity contribution >= 4 is 17.7 Å². The fraction of sp³-hybridized carbons (Fsp3) is 0.273. The second-order valence-electron chi connectivity index (χ2n) is 3.13. The number of halogens is 1. The van der Waals surface area contributed by atoms with Gasteiger partial charge in [0.05, 0.1) is 5.02 Å². The zero-order chi connectivity index (χ0) is 10.7. The number of benzene rings is 1. The van der Waals surface area contributed by atoms with Crippen LogP contribution in [0.4, 0.5) is 0 Å². The minimum atomic E-state index is 0.491. The van der Waals surface area contributed by atoms with Crippen molar-refractivity contribution in [2.75, 3.05) is 19.8 Å². The Morgan fingerprint density at radius 1 is 1.33 bits per heavy atom. The van der Waals surface area contributed by atoms with E-state index in [2.05, 4.69) is 0 Å². The predicted octanol–water partition coefficient (Wildman–Crippen LogP) is 2.08. The van der Waals surface area contributed by atoms with E-state index in [1.54, 1.807) is 0 Å². The molecule has 1 aromatic carbocycles. The van der Waals surface area contributed by atoms with E-state index in [1.807, 2.05) is 24.3 Å². The lowest BCUT2D eigenvalue weighted by molar-refractivity contribution is 0.171. The molecule has 15 heavy (non-hydrogen) atoms. The third-order valence-electron chi connectivity index (χ3n) is 2.11. The molecule has 2 rings (SSSR count). The van der Waals surface area contributed by atoms with Gasteiger partial charge in [0, 0.05) is 6.54 Å². The maximum atomic E-state index is 6.17. The number of rotatable bonds is 2. The van der Waals surface area contributed by atoms with Crippen molar-refractivity contribution < 1.29 is 9.47 Å². The first-order valence-corrected chi connectivity index (χ1v) is 5.15. The quantitative estimate of drug-likeness (QED) is 0.838. The Bertz CT molecular complexity index is 390. The summed E-state index contributed by atoms with van der Waals surface area (Å²) in [6.45, 7) is 1.60. The molecule has 3 nitrogen and oxygen atoms in total. The SMILES string of the molecule is NC/C=C/c1ccc2c(c1Cl)OCCO2. The maximum absolute atomic E-state index is 6.17. The van der Waals surface area contributed by atoms with Gasteiger partial charge in [-0.05, 0) is 17.7 Å². The zero-order valence-electron chi connectivity index (χ0n) is 8.20. The van der Waals surface area contributed by atoms with Gasteiger partial charge < -0.3 is 15.2 Å². The van der Waals surface area contributed by atoms with Crippen molar-refractivity contribution in [2.45, 2.75) is 0 Å². The molecule has 1 aliphatic heterocycles. The molecule has 4 heteroatoms. The standard InChI is InChI=1S/C11H12ClNO2/c12-10-8(2-1-5-13)3-4-9-11(10)15-7-6-14-9/h1-4H,5-7,13H2/b2-1+. The van der Waals surface area contributed by atoms with Gasteiger partial charge in [0.1, 0.15) is 13.2 Å². The molecular weight excluding hydrogens is 214 g/mol. The van der Waals surface area contributed by atoms with Gasteiger partial charge in [0.15, 0.2) is 11.5 Å². The Balaban J connectivity index is 2.38. The summed E-state index contributed by atoms with van der Waals surface area (Å²) in [5.41, 5.74) is 6.27. The average Bonchev–Trinajstić information content (AvgIpc) is 2.29. The summed E-state index contributed by atoms with van der Waals surface area (Å²) >= 11 is 6.17. The van der Waals surface area contributed by atoms with E-state index in [0.29, 0.717) is 36.3 Å². The Morgan fingerprint density at radius 2 is 2.13 bits per heavy atom.